The molecule has 0 saturated heterocycles. The van der Waals surface area contributed by atoms with E-state index in [1.165, 1.54) is 6.92 Å². The third-order valence-electron chi connectivity index (χ3n) is 4.22. The molecule has 0 aromatic carbocycles. The average Bonchev–Trinajstić information content (AvgIpc) is 2.82. The van der Waals surface area contributed by atoms with Crippen molar-refractivity contribution in [2.75, 3.05) is 27.2 Å². The molecule has 1 fully saturated rings. The van der Waals surface area contributed by atoms with Crippen LogP contribution in [0.1, 0.15) is 39.0 Å². The maximum Gasteiger partial charge on any atom is 0.314 e. The molecule has 1 rings (SSSR count). The topological polar surface area (TPSA) is 102 Å². The van der Waals surface area contributed by atoms with E-state index < -0.39 is 18.0 Å². The van der Waals surface area contributed by atoms with Crippen LogP contribution in [0.5, 0.6) is 0 Å². The van der Waals surface area contributed by atoms with Gasteiger partial charge in [0.05, 0.1) is 12.0 Å². The zero-order valence-electron chi connectivity index (χ0n) is 13.1. The van der Waals surface area contributed by atoms with Crippen molar-refractivity contribution in [3.8, 4) is 0 Å². The number of amides is 2. The Morgan fingerprint density at radius 2 is 1.81 bits per heavy atom. The fraction of sp³-hybridized carbons (Fsp3) is 0.857. The maximum absolute atomic E-state index is 11.8. The van der Waals surface area contributed by atoms with Gasteiger partial charge in [-0.2, -0.15) is 0 Å². The summed E-state index contributed by atoms with van der Waals surface area (Å²) in [5, 5.41) is 23.8. The summed E-state index contributed by atoms with van der Waals surface area (Å²) < 4.78 is 0. The SMILES string of the molecule is CN(C)C1(CNC(=O)NCC(C)(O)CC(=O)O)CCCC1. The van der Waals surface area contributed by atoms with Crippen molar-refractivity contribution in [2.24, 2.45) is 0 Å². The first-order valence-electron chi connectivity index (χ1n) is 7.30. The fourth-order valence-electron chi connectivity index (χ4n) is 2.78. The number of urea groups is 1. The van der Waals surface area contributed by atoms with Crippen molar-refractivity contribution in [1.29, 1.82) is 0 Å². The van der Waals surface area contributed by atoms with Crippen LogP contribution in [-0.4, -0.2) is 65.4 Å². The van der Waals surface area contributed by atoms with Crippen molar-refractivity contribution < 1.29 is 19.8 Å². The maximum atomic E-state index is 11.8. The molecular weight excluding hydrogens is 274 g/mol. The van der Waals surface area contributed by atoms with E-state index >= 15 is 0 Å². The Morgan fingerprint density at radius 3 is 2.29 bits per heavy atom. The van der Waals surface area contributed by atoms with E-state index in [4.69, 9.17) is 5.11 Å². The minimum absolute atomic E-state index is 0.000915. The number of carboxylic acids is 1. The lowest BCUT2D eigenvalue weighted by Gasteiger charge is -2.36. The molecule has 1 aliphatic rings. The van der Waals surface area contributed by atoms with Crippen LogP contribution in [0.2, 0.25) is 0 Å². The molecule has 0 aromatic heterocycles. The Bertz CT molecular complexity index is 376. The van der Waals surface area contributed by atoms with Crippen molar-refractivity contribution in [3.05, 3.63) is 0 Å². The van der Waals surface area contributed by atoms with Crippen LogP contribution in [0.3, 0.4) is 0 Å². The van der Waals surface area contributed by atoms with E-state index in [1.807, 2.05) is 14.1 Å². The van der Waals surface area contributed by atoms with Gasteiger partial charge in [0.2, 0.25) is 0 Å². The molecule has 1 unspecified atom stereocenters. The summed E-state index contributed by atoms with van der Waals surface area (Å²) in [6.45, 7) is 1.84. The number of nitrogens with zero attached hydrogens (tertiary/aromatic N) is 1. The molecule has 0 bridgehead atoms. The Kier molecular flexibility index (Phi) is 5.98. The molecule has 2 amide bonds. The molecule has 0 heterocycles. The van der Waals surface area contributed by atoms with E-state index in [0.29, 0.717) is 6.54 Å². The predicted octanol–water partition coefficient (Wildman–Crippen LogP) is 0.386. The van der Waals surface area contributed by atoms with Gasteiger partial charge in [-0.25, -0.2) is 4.79 Å². The summed E-state index contributed by atoms with van der Waals surface area (Å²) in [4.78, 5) is 24.5. The summed E-state index contributed by atoms with van der Waals surface area (Å²) in [6, 6.07) is -0.381. The van der Waals surface area contributed by atoms with Crippen molar-refractivity contribution >= 4 is 12.0 Å². The lowest BCUT2D eigenvalue weighted by Crippen LogP contribution is -2.53. The standard InChI is InChI=1S/C14H27N3O4/c1-13(21,8-11(18)19)9-15-12(20)16-10-14(17(2)3)6-4-5-7-14/h21H,4-10H2,1-3H3,(H,18,19)(H2,15,16,20). The Morgan fingerprint density at radius 1 is 1.24 bits per heavy atom. The molecule has 122 valence electrons. The van der Waals surface area contributed by atoms with Crippen LogP contribution in [0.25, 0.3) is 0 Å². The molecule has 0 aromatic rings. The second kappa shape index (κ2) is 7.09. The van der Waals surface area contributed by atoms with Gasteiger partial charge >= 0.3 is 12.0 Å². The van der Waals surface area contributed by atoms with Crippen molar-refractivity contribution in [3.63, 3.8) is 0 Å². The van der Waals surface area contributed by atoms with Gasteiger partial charge < -0.3 is 25.7 Å². The summed E-state index contributed by atoms with van der Waals surface area (Å²) in [5.74, 6) is -1.10. The van der Waals surface area contributed by atoms with Crippen LogP contribution in [0, 0.1) is 0 Å². The van der Waals surface area contributed by atoms with E-state index in [2.05, 4.69) is 15.5 Å². The van der Waals surface area contributed by atoms with Gasteiger partial charge in [0.25, 0.3) is 0 Å². The molecule has 1 atom stereocenters. The number of hydrogen-bond acceptors (Lipinski definition) is 4. The largest absolute Gasteiger partial charge is 0.481 e. The Labute approximate surface area is 125 Å². The highest BCUT2D eigenvalue weighted by Gasteiger charge is 2.36. The van der Waals surface area contributed by atoms with Crippen molar-refractivity contribution in [2.45, 2.75) is 50.2 Å². The molecule has 1 saturated carbocycles. The number of aliphatic hydroxyl groups is 1. The zero-order valence-corrected chi connectivity index (χ0v) is 13.1. The van der Waals surface area contributed by atoms with Gasteiger partial charge in [-0.3, -0.25) is 4.79 Å². The molecule has 0 aliphatic heterocycles. The van der Waals surface area contributed by atoms with E-state index in [1.54, 1.807) is 0 Å². The number of carbonyl (C=O) groups excluding carboxylic acids is 1. The lowest BCUT2D eigenvalue weighted by molar-refractivity contribution is -0.141. The molecule has 7 heteroatoms. The number of carboxylic acid groups (broad SMARTS) is 1. The smallest absolute Gasteiger partial charge is 0.314 e. The van der Waals surface area contributed by atoms with Gasteiger partial charge in [-0.15, -0.1) is 0 Å². The summed E-state index contributed by atoms with van der Waals surface area (Å²) in [5.41, 5.74) is -1.45. The summed E-state index contributed by atoms with van der Waals surface area (Å²) in [7, 11) is 4.03. The first-order chi connectivity index (χ1) is 9.67. The number of aliphatic carboxylic acids is 1. The van der Waals surface area contributed by atoms with E-state index in [-0.39, 0.29) is 18.1 Å². The lowest BCUT2D eigenvalue weighted by atomic mass is 9.96. The van der Waals surface area contributed by atoms with Crippen LogP contribution in [0.4, 0.5) is 4.79 Å². The quantitative estimate of drug-likeness (QED) is 0.545. The van der Waals surface area contributed by atoms with Crippen LogP contribution >= 0.6 is 0 Å². The van der Waals surface area contributed by atoms with Crippen molar-refractivity contribution in [1.82, 2.24) is 15.5 Å². The summed E-state index contributed by atoms with van der Waals surface area (Å²) in [6.07, 6.45) is 4.02. The number of nitrogens with one attached hydrogen (secondary N) is 2. The normalized spacial score (nSPS) is 20.0. The monoisotopic (exact) mass is 301 g/mol. The third-order valence-corrected chi connectivity index (χ3v) is 4.22. The van der Waals surface area contributed by atoms with Gasteiger partial charge in [0.1, 0.15) is 0 Å². The number of likely N-dealkylation sites (N-methyl/N-ethyl adjacent to an activating group) is 1. The third kappa shape index (κ3) is 5.51. The highest BCUT2D eigenvalue weighted by atomic mass is 16.4. The van der Waals surface area contributed by atoms with Crippen LogP contribution in [-0.2, 0) is 4.79 Å². The molecule has 0 spiro atoms. The number of carbonyl (C=O) groups is 2. The molecule has 21 heavy (non-hydrogen) atoms. The summed E-state index contributed by atoms with van der Waals surface area (Å²) >= 11 is 0. The minimum atomic E-state index is -1.45. The van der Waals surface area contributed by atoms with E-state index in [0.717, 1.165) is 25.7 Å². The Hall–Kier alpha value is -1.34. The molecule has 1 aliphatic carbocycles. The highest BCUT2D eigenvalue weighted by molar-refractivity contribution is 5.74. The second-order valence-electron chi connectivity index (χ2n) is 6.43. The van der Waals surface area contributed by atoms with Gasteiger partial charge in [0.15, 0.2) is 0 Å². The van der Waals surface area contributed by atoms with E-state index in [9.17, 15) is 14.7 Å². The first-order valence-corrected chi connectivity index (χ1v) is 7.30. The highest BCUT2D eigenvalue weighted by Crippen LogP contribution is 2.32. The molecular formula is C14H27N3O4. The fourth-order valence-corrected chi connectivity index (χ4v) is 2.78. The molecule has 0 radical (unpaired) electrons. The van der Waals surface area contributed by atoms with Gasteiger partial charge in [-0.05, 0) is 33.9 Å². The van der Waals surface area contributed by atoms with Crippen LogP contribution in [0.15, 0.2) is 0 Å². The Balaban J connectivity index is 2.39. The van der Waals surface area contributed by atoms with Gasteiger partial charge in [-0.1, -0.05) is 12.8 Å². The predicted molar refractivity (Wildman–Crippen MR) is 79.2 cm³/mol. The zero-order chi connectivity index (χ0) is 16.1. The number of hydrogen-bond donors (Lipinski definition) is 4. The molecule has 4 N–H and O–H groups in total. The molecule has 7 nitrogen and oxygen atoms in total. The number of rotatable bonds is 7. The second-order valence-corrected chi connectivity index (χ2v) is 6.43. The average molecular weight is 301 g/mol. The minimum Gasteiger partial charge on any atom is -0.481 e. The van der Waals surface area contributed by atoms with Gasteiger partial charge in [0, 0.05) is 18.6 Å². The van der Waals surface area contributed by atoms with Crippen LogP contribution < -0.4 is 10.6 Å². The first kappa shape index (κ1) is 17.7.